The van der Waals surface area contributed by atoms with Crippen LogP contribution in [0.3, 0.4) is 0 Å². The van der Waals surface area contributed by atoms with Crippen LogP contribution in [0.1, 0.15) is 22.8 Å². The number of carbonyl (C=O) groups is 2. The molecule has 0 saturated carbocycles. The number of anilines is 1. The van der Waals surface area contributed by atoms with Crippen LogP contribution >= 0.6 is 11.3 Å². The van der Waals surface area contributed by atoms with Gasteiger partial charge in [0.15, 0.2) is 11.7 Å². The van der Waals surface area contributed by atoms with Crippen LogP contribution < -0.4 is 4.90 Å². The maximum absolute atomic E-state index is 13.6. The summed E-state index contributed by atoms with van der Waals surface area (Å²) in [5.74, 6) is -1.61. The van der Waals surface area contributed by atoms with Crippen LogP contribution in [-0.4, -0.2) is 30.0 Å². The number of amides is 1. The van der Waals surface area contributed by atoms with Crippen molar-refractivity contribution in [2.45, 2.75) is 13.8 Å². The van der Waals surface area contributed by atoms with Crippen molar-refractivity contribution in [1.82, 2.24) is 4.98 Å². The number of thiazole rings is 1. The van der Waals surface area contributed by atoms with Crippen molar-refractivity contribution in [3.8, 4) is 0 Å². The lowest BCUT2D eigenvalue weighted by Gasteiger charge is -2.17. The van der Waals surface area contributed by atoms with Crippen LogP contribution in [0.25, 0.3) is 10.2 Å². The van der Waals surface area contributed by atoms with E-state index in [-0.39, 0.29) is 11.5 Å². The molecule has 1 aromatic heterocycles. The molecule has 1 amide bonds. The smallest absolute Gasteiger partial charge is 0.338 e. The lowest BCUT2D eigenvalue weighted by atomic mass is 10.1. The second kappa shape index (κ2) is 7.61. The maximum Gasteiger partial charge on any atom is 0.338 e. The normalized spacial score (nSPS) is 10.7. The number of nitrogens with zero attached hydrogens (tertiary/aromatic N) is 2. The quantitative estimate of drug-likeness (QED) is 0.636. The summed E-state index contributed by atoms with van der Waals surface area (Å²) >= 11 is 1.40. The van der Waals surface area contributed by atoms with Gasteiger partial charge in [-0.2, -0.15) is 0 Å². The van der Waals surface area contributed by atoms with E-state index >= 15 is 0 Å². The number of rotatable bonds is 5. The van der Waals surface area contributed by atoms with E-state index in [1.54, 1.807) is 6.92 Å². The van der Waals surface area contributed by atoms with E-state index < -0.39 is 18.4 Å². The van der Waals surface area contributed by atoms with Gasteiger partial charge in [-0.15, -0.1) is 0 Å². The van der Waals surface area contributed by atoms with E-state index in [9.17, 15) is 14.0 Å². The van der Waals surface area contributed by atoms with Gasteiger partial charge >= 0.3 is 5.97 Å². The Morgan fingerprint density at radius 3 is 2.69 bits per heavy atom. The minimum absolute atomic E-state index is 0.0731. The number of benzene rings is 2. The molecule has 3 aromatic rings. The summed E-state index contributed by atoms with van der Waals surface area (Å²) in [5, 5.41) is 0.552. The highest BCUT2D eigenvalue weighted by molar-refractivity contribution is 7.22. The van der Waals surface area contributed by atoms with E-state index in [0.29, 0.717) is 17.2 Å². The minimum Gasteiger partial charge on any atom is -0.452 e. The number of esters is 1. The van der Waals surface area contributed by atoms with Gasteiger partial charge in [0.2, 0.25) is 0 Å². The van der Waals surface area contributed by atoms with Gasteiger partial charge in [0.25, 0.3) is 5.91 Å². The highest BCUT2D eigenvalue weighted by Gasteiger charge is 2.20. The van der Waals surface area contributed by atoms with E-state index in [1.807, 2.05) is 31.2 Å². The number of likely N-dealkylation sites (N-methyl/N-ethyl adjacent to an activating group) is 1. The molecule has 0 unspecified atom stereocenters. The monoisotopic (exact) mass is 372 g/mol. The third-order valence-electron chi connectivity index (χ3n) is 3.87. The first-order valence-corrected chi connectivity index (χ1v) is 8.90. The average molecular weight is 372 g/mol. The van der Waals surface area contributed by atoms with Crippen LogP contribution in [0.5, 0.6) is 0 Å². The molecule has 0 aliphatic rings. The van der Waals surface area contributed by atoms with Crippen LogP contribution in [0, 0.1) is 12.7 Å². The lowest BCUT2D eigenvalue weighted by Crippen LogP contribution is -2.34. The van der Waals surface area contributed by atoms with E-state index in [4.69, 9.17) is 4.74 Å². The third kappa shape index (κ3) is 3.72. The standard InChI is InChI=1S/C19H17FN2O3S/c1-3-22(19-21-15-6-4-5-7-16(15)26-19)17(23)11-25-18(24)13-9-8-12(2)14(20)10-13/h4-10H,3,11H2,1-2H3. The third-order valence-corrected chi connectivity index (χ3v) is 4.92. The molecule has 134 valence electrons. The molecular formula is C19H17FN2O3S. The molecule has 0 spiro atoms. The number of hydrogen-bond acceptors (Lipinski definition) is 5. The van der Waals surface area contributed by atoms with Gasteiger partial charge in [-0.25, -0.2) is 14.2 Å². The van der Waals surface area contributed by atoms with Gasteiger partial charge in [-0.1, -0.05) is 29.5 Å². The molecule has 0 saturated heterocycles. The molecule has 26 heavy (non-hydrogen) atoms. The van der Waals surface area contributed by atoms with Crippen LogP contribution in [-0.2, 0) is 9.53 Å². The number of hydrogen-bond donors (Lipinski definition) is 0. The first-order chi connectivity index (χ1) is 12.5. The number of fused-ring (bicyclic) bond motifs is 1. The Kier molecular flexibility index (Phi) is 5.27. The molecule has 2 aromatic carbocycles. The molecule has 3 rings (SSSR count). The van der Waals surface area contributed by atoms with E-state index in [1.165, 1.54) is 28.4 Å². The van der Waals surface area contributed by atoms with Crippen LogP contribution in [0.15, 0.2) is 42.5 Å². The zero-order valence-electron chi connectivity index (χ0n) is 14.4. The first kappa shape index (κ1) is 18.0. The predicted octanol–water partition coefficient (Wildman–Crippen LogP) is 3.95. The van der Waals surface area contributed by atoms with Crippen molar-refractivity contribution in [1.29, 1.82) is 0 Å². The summed E-state index contributed by atoms with van der Waals surface area (Å²) in [4.78, 5) is 30.4. The zero-order chi connectivity index (χ0) is 18.7. The Morgan fingerprint density at radius 1 is 1.23 bits per heavy atom. The van der Waals surface area contributed by atoms with E-state index in [2.05, 4.69) is 4.98 Å². The Labute approximate surface area is 154 Å². The van der Waals surface area contributed by atoms with Gasteiger partial charge in [0, 0.05) is 6.54 Å². The van der Waals surface area contributed by atoms with Crippen LogP contribution in [0.2, 0.25) is 0 Å². The van der Waals surface area contributed by atoms with Crippen molar-refractivity contribution in [2.24, 2.45) is 0 Å². The summed E-state index contributed by atoms with van der Waals surface area (Å²) in [6.07, 6.45) is 0. The number of aromatic nitrogens is 1. The van der Waals surface area contributed by atoms with Crippen molar-refractivity contribution < 1.29 is 18.7 Å². The summed E-state index contributed by atoms with van der Waals surface area (Å²) in [7, 11) is 0. The zero-order valence-corrected chi connectivity index (χ0v) is 15.2. The number of ether oxygens (including phenoxy) is 1. The fraction of sp³-hybridized carbons (Fsp3) is 0.211. The van der Waals surface area contributed by atoms with Gasteiger partial charge in [0.1, 0.15) is 5.82 Å². The van der Waals surface area contributed by atoms with Crippen molar-refractivity contribution in [3.63, 3.8) is 0 Å². The van der Waals surface area contributed by atoms with Crippen molar-refractivity contribution in [2.75, 3.05) is 18.1 Å². The second-order valence-corrected chi connectivity index (χ2v) is 6.65. The van der Waals surface area contributed by atoms with Gasteiger partial charge in [0.05, 0.1) is 15.8 Å². The number of halogens is 1. The highest BCUT2D eigenvalue weighted by atomic mass is 32.1. The van der Waals surface area contributed by atoms with Crippen LogP contribution in [0.4, 0.5) is 9.52 Å². The molecule has 1 heterocycles. The summed E-state index contributed by atoms with van der Waals surface area (Å²) in [5.41, 5.74) is 1.32. The Morgan fingerprint density at radius 2 is 2.00 bits per heavy atom. The first-order valence-electron chi connectivity index (χ1n) is 8.08. The molecule has 0 N–H and O–H groups in total. The number of para-hydroxylation sites is 1. The molecule has 7 heteroatoms. The van der Waals surface area contributed by atoms with Gasteiger partial charge in [-0.3, -0.25) is 9.69 Å². The molecule has 0 bridgehead atoms. The molecule has 0 aliphatic heterocycles. The average Bonchev–Trinajstić information content (AvgIpc) is 3.06. The molecule has 0 atom stereocenters. The fourth-order valence-corrected chi connectivity index (χ4v) is 3.45. The fourth-order valence-electron chi connectivity index (χ4n) is 2.40. The Bertz CT molecular complexity index is 937. The molecular weight excluding hydrogens is 355 g/mol. The lowest BCUT2D eigenvalue weighted by molar-refractivity contribution is -0.121. The number of carbonyl (C=O) groups excluding carboxylic acids is 2. The highest BCUT2D eigenvalue weighted by Crippen LogP contribution is 2.28. The topological polar surface area (TPSA) is 59.5 Å². The van der Waals surface area contributed by atoms with Crippen molar-refractivity contribution >= 4 is 38.6 Å². The van der Waals surface area contributed by atoms with Gasteiger partial charge in [-0.05, 0) is 43.7 Å². The molecule has 0 fully saturated rings. The van der Waals surface area contributed by atoms with E-state index in [0.717, 1.165) is 16.3 Å². The summed E-state index contributed by atoms with van der Waals surface area (Å²) < 4.78 is 19.6. The summed E-state index contributed by atoms with van der Waals surface area (Å²) in [6.45, 7) is 3.39. The second-order valence-electron chi connectivity index (χ2n) is 5.64. The molecule has 0 radical (unpaired) electrons. The maximum atomic E-state index is 13.6. The molecule has 0 aliphatic carbocycles. The largest absolute Gasteiger partial charge is 0.452 e. The molecule has 5 nitrogen and oxygen atoms in total. The SMILES string of the molecule is CCN(C(=O)COC(=O)c1ccc(C)c(F)c1)c1nc2ccccc2s1. The van der Waals surface area contributed by atoms with Gasteiger partial charge < -0.3 is 4.74 Å². The Balaban J connectivity index is 1.69. The predicted molar refractivity (Wildman–Crippen MR) is 99.1 cm³/mol. The Hall–Kier alpha value is -2.80. The van der Waals surface area contributed by atoms with Crippen molar-refractivity contribution in [3.05, 3.63) is 59.4 Å². The number of aryl methyl sites for hydroxylation is 1. The summed E-state index contributed by atoms with van der Waals surface area (Å²) in [6, 6.07) is 11.7. The minimum atomic E-state index is -0.738.